The number of nitrogens with one attached hydrogen (secondary N) is 1. The van der Waals surface area contributed by atoms with Crippen molar-refractivity contribution in [2.45, 2.75) is 6.92 Å². The molecule has 0 bridgehead atoms. The number of rotatable bonds is 2. The van der Waals surface area contributed by atoms with E-state index in [1.807, 2.05) is 0 Å². The zero-order valence-corrected chi connectivity index (χ0v) is 8.34. The van der Waals surface area contributed by atoms with Crippen LogP contribution in [0.25, 0.3) is 0 Å². The van der Waals surface area contributed by atoms with E-state index in [1.54, 1.807) is 32.2 Å². The van der Waals surface area contributed by atoms with Crippen molar-refractivity contribution in [3.05, 3.63) is 47.9 Å². The van der Waals surface area contributed by atoms with Crippen molar-refractivity contribution in [3.8, 4) is 0 Å². The normalized spacial score (nSPS) is 11.2. The first-order valence-corrected chi connectivity index (χ1v) is 4.30. The van der Waals surface area contributed by atoms with Crippen molar-refractivity contribution in [2.75, 3.05) is 7.05 Å². The van der Waals surface area contributed by atoms with E-state index in [0.29, 0.717) is 17.0 Å². The van der Waals surface area contributed by atoms with Gasteiger partial charge in [0, 0.05) is 8.47 Å². The summed E-state index contributed by atoms with van der Waals surface area (Å²) in [4.78, 5) is 3.94. The van der Waals surface area contributed by atoms with Crippen LogP contribution in [0.2, 0.25) is 0 Å². The van der Waals surface area contributed by atoms with Crippen LogP contribution in [0.4, 0.5) is 4.39 Å². The minimum atomic E-state index is -0.248. The molecule has 1 rings (SSSR count). The summed E-state index contributed by atoms with van der Waals surface area (Å²) in [7, 11) is 1.60. The summed E-state index contributed by atoms with van der Waals surface area (Å²) >= 11 is 0. The number of nitrogens with zero attached hydrogens (tertiary/aromatic N) is 1. The minimum absolute atomic E-state index is 0. The van der Waals surface area contributed by atoms with E-state index in [1.165, 1.54) is 6.20 Å². The molecular formula is C11H15FN2. The molecule has 0 saturated carbocycles. The van der Waals surface area contributed by atoms with Crippen molar-refractivity contribution in [1.82, 2.24) is 5.32 Å². The maximum atomic E-state index is 13.6. The lowest BCUT2D eigenvalue weighted by molar-refractivity contribution is 0.615. The third-order valence-electron chi connectivity index (χ3n) is 1.91. The lowest BCUT2D eigenvalue weighted by atomic mass is 10.1. The van der Waals surface area contributed by atoms with E-state index in [0.717, 1.165) is 0 Å². The van der Waals surface area contributed by atoms with Gasteiger partial charge < -0.3 is 5.32 Å². The fourth-order valence-corrected chi connectivity index (χ4v) is 1.19. The quantitative estimate of drug-likeness (QED) is 0.567. The first-order valence-electron chi connectivity index (χ1n) is 4.30. The summed E-state index contributed by atoms with van der Waals surface area (Å²) in [5.41, 5.74) is 1.07. The number of amidine groups is 1. The summed E-state index contributed by atoms with van der Waals surface area (Å²) < 4.78 is 13.6. The molecular weight excluding hydrogens is 179 g/mol. The molecule has 0 atom stereocenters. The maximum absolute atomic E-state index is 13.6. The van der Waals surface area contributed by atoms with E-state index in [2.05, 4.69) is 16.9 Å². The molecule has 1 aromatic carbocycles. The Kier molecular flexibility index (Phi) is 3.40. The van der Waals surface area contributed by atoms with Crippen molar-refractivity contribution >= 4 is 5.84 Å². The number of aliphatic imine (C=N–C) groups is 1. The van der Waals surface area contributed by atoms with Crippen LogP contribution in [0.3, 0.4) is 0 Å². The van der Waals surface area contributed by atoms with Gasteiger partial charge in [0.2, 0.25) is 0 Å². The predicted octanol–water partition coefficient (Wildman–Crippen LogP) is 2.49. The largest absolute Gasteiger partial charge is 0.347 e. The van der Waals surface area contributed by atoms with Gasteiger partial charge >= 0.3 is 0 Å². The Labute approximate surface area is 84.7 Å². The van der Waals surface area contributed by atoms with Gasteiger partial charge in [0.1, 0.15) is 11.7 Å². The van der Waals surface area contributed by atoms with Crippen LogP contribution < -0.4 is 5.32 Å². The molecule has 0 unspecified atom stereocenters. The minimum Gasteiger partial charge on any atom is -0.347 e. The van der Waals surface area contributed by atoms with Gasteiger partial charge in [-0.25, -0.2) is 4.39 Å². The molecule has 0 aliphatic rings. The lowest BCUT2D eigenvalue weighted by Gasteiger charge is -2.07. The van der Waals surface area contributed by atoms with Crippen LogP contribution in [0.5, 0.6) is 0 Å². The first kappa shape index (κ1) is 10.4. The average molecular weight is 194 g/mol. The molecule has 76 valence electrons. The van der Waals surface area contributed by atoms with Gasteiger partial charge in [-0.3, -0.25) is 4.99 Å². The van der Waals surface area contributed by atoms with Crippen LogP contribution in [-0.4, -0.2) is 12.9 Å². The molecule has 3 heteroatoms. The molecule has 14 heavy (non-hydrogen) atoms. The van der Waals surface area contributed by atoms with Gasteiger partial charge in [0.15, 0.2) is 0 Å². The first-order chi connectivity index (χ1) is 6.70. The smallest absolute Gasteiger partial charge is 0.137 e. The highest BCUT2D eigenvalue weighted by Crippen LogP contribution is 2.11. The Morgan fingerprint density at radius 2 is 2.36 bits per heavy atom. The molecule has 0 saturated heterocycles. The van der Waals surface area contributed by atoms with Crippen LogP contribution in [0, 0.1) is 12.7 Å². The maximum Gasteiger partial charge on any atom is 0.137 e. The second-order valence-corrected chi connectivity index (χ2v) is 2.86. The number of hydrogen-bond donors (Lipinski definition) is 1. The van der Waals surface area contributed by atoms with Crippen LogP contribution in [0.1, 0.15) is 12.6 Å². The number of benzene rings is 1. The van der Waals surface area contributed by atoms with Crippen LogP contribution in [-0.2, 0) is 0 Å². The molecule has 0 aromatic heterocycles. The van der Waals surface area contributed by atoms with Crippen molar-refractivity contribution in [2.24, 2.45) is 4.99 Å². The highest BCUT2D eigenvalue weighted by atomic mass is 19.1. The zero-order valence-electron chi connectivity index (χ0n) is 8.34. The summed E-state index contributed by atoms with van der Waals surface area (Å²) in [5, 5.41) is 2.79. The summed E-state index contributed by atoms with van der Waals surface area (Å²) in [6.45, 7) is 5.23. The van der Waals surface area contributed by atoms with Crippen molar-refractivity contribution in [3.63, 3.8) is 0 Å². The van der Waals surface area contributed by atoms with E-state index in [9.17, 15) is 4.39 Å². The second-order valence-electron chi connectivity index (χ2n) is 2.86. The molecule has 0 amide bonds. The Morgan fingerprint density at radius 3 is 2.93 bits per heavy atom. The average Bonchev–Trinajstić information content (AvgIpc) is 2.19. The monoisotopic (exact) mass is 194 g/mol. The van der Waals surface area contributed by atoms with Gasteiger partial charge in [-0.2, -0.15) is 0 Å². The van der Waals surface area contributed by atoms with Gasteiger partial charge in [0.05, 0.1) is 5.56 Å². The van der Waals surface area contributed by atoms with E-state index in [4.69, 9.17) is 0 Å². The number of hydrogen-bond acceptors (Lipinski definition) is 1. The van der Waals surface area contributed by atoms with Gasteiger partial charge in [-0.15, -0.1) is 0 Å². The molecule has 1 aromatic rings. The molecule has 1 N–H and O–H groups in total. The Morgan fingerprint density at radius 1 is 1.64 bits per heavy atom. The van der Waals surface area contributed by atoms with Gasteiger partial charge in [0.25, 0.3) is 0 Å². The predicted molar refractivity (Wildman–Crippen MR) is 59.0 cm³/mol. The standard InChI is InChI=1S/C11H13FN2.H2/c1-4-14-11(13-3)9-7-5-6-8(2)10(9)12;/h4-7H,1H2,2-3H3,(H,13,14);1H. The SMILES string of the molecule is C=CNC(=NC)c1cccc(C)c1F.[HH]. The Balaban J connectivity index is 0.00000196. The van der Waals surface area contributed by atoms with E-state index in [-0.39, 0.29) is 7.24 Å². The highest BCUT2D eigenvalue weighted by molar-refractivity contribution is 5.99. The third kappa shape index (κ3) is 1.99. The fourth-order valence-electron chi connectivity index (χ4n) is 1.19. The number of aryl methyl sites for hydroxylation is 1. The molecule has 0 radical (unpaired) electrons. The number of halogens is 1. The molecule has 0 aliphatic carbocycles. The third-order valence-corrected chi connectivity index (χ3v) is 1.91. The van der Waals surface area contributed by atoms with Crippen LogP contribution in [0.15, 0.2) is 36.0 Å². The Hall–Kier alpha value is -1.64. The lowest BCUT2D eigenvalue weighted by Crippen LogP contribution is -2.19. The zero-order chi connectivity index (χ0) is 10.6. The summed E-state index contributed by atoms with van der Waals surface area (Å²) in [6, 6.07) is 5.20. The highest BCUT2D eigenvalue weighted by Gasteiger charge is 2.08. The van der Waals surface area contributed by atoms with E-state index >= 15 is 0 Å². The Bertz CT molecular complexity index is 375. The molecule has 0 aliphatic heterocycles. The van der Waals surface area contributed by atoms with E-state index < -0.39 is 0 Å². The van der Waals surface area contributed by atoms with Crippen molar-refractivity contribution in [1.29, 1.82) is 0 Å². The molecule has 0 fully saturated rings. The summed E-state index contributed by atoms with van der Waals surface area (Å²) in [5.74, 6) is 0.239. The van der Waals surface area contributed by atoms with Crippen LogP contribution >= 0.6 is 0 Å². The van der Waals surface area contributed by atoms with Gasteiger partial charge in [-0.1, -0.05) is 18.7 Å². The second kappa shape index (κ2) is 4.56. The molecule has 0 heterocycles. The van der Waals surface area contributed by atoms with Crippen molar-refractivity contribution < 1.29 is 5.82 Å². The molecule has 0 spiro atoms. The fraction of sp³-hybridized carbons (Fsp3) is 0.182. The summed E-state index contributed by atoms with van der Waals surface area (Å²) in [6.07, 6.45) is 1.48. The van der Waals surface area contributed by atoms with Gasteiger partial charge in [-0.05, 0) is 24.8 Å². The molecule has 2 nitrogen and oxygen atoms in total. The topological polar surface area (TPSA) is 24.4 Å².